The summed E-state index contributed by atoms with van der Waals surface area (Å²) in [6, 6.07) is 16.0. The molecular formula is C26H16O2S2. The van der Waals surface area contributed by atoms with Gasteiger partial charge in [-0.3, -0.25) is 9.59 Å². The highest BCUT2D eigenvalue weighted by Gasteiger charge is 2.36. The number of hydrogen-bond donors (Lipinski definition) is 0. The Morgan fingerprint density at radius 3 is 1.43 bits per heavy atom. The van der Waals surface area contributed by atoms with Crippen LogP contribution in [0.25, 0.3) is 11.1 Å². The number of thiophene rings is 2. The molecule has 0 saturated carbocycles. The molecule has 2 heterocycles. The van der Waals surface area contributed by atoms with Crippen LogP contribution in [0.5, 0.6) is 0 Å². The molecular weight excluding hydrogens is 408 g/mol. The molecule has 30 heavy (non-hydrogen) atoms. The predicted molar refractivity (Wildman–Crippen MR) is 123 cm³/mol. The zero-order chi connectivity index (χ0) is 20.6. The third-order valence-corrected chi connectivity index (χ3v) is 7.89. The van der Waals surface area contributed by atoms with Gasteiger partial charge in [-0.2, -0.15) is 0 Å². The van der Waals surface area contributed by atoms with Crippen LogP contribution in [0.1, 0.15) is 63.9 Å². The molecule has 4 heteroatoms. The van der Waals surface area contributed by atoms with Crippen molar-refractivity contribution >= 4 is 45.4 Å². The van der Waals surface area contributed by atoms with E-state index in [-0.39, 0.29) is 11.6 Å². The molecule has 0 atom stereocenters. The third-order valence-electron chi connectivity index (χ3n) is 6.07. The summed E-state index contributed by atoms with van der Waals surface area (Å²) in [5.74, 6) is 0.177. The van der Waals surface area contributed by atoms with Gasteiger partial charge in [0, 0.05) is 33.4 Å². The number of carbonyl (C=O) groups excluding carboxylic acids is 2. The lowest BCUT2D eigenvalue weighted by molar-refractivity contribution is 0.103. The fraction of sp³-hybridized carbons (Fsp3) is 0.0769. The van der Waals surface area contributed by atoms with Gasteiger partial charge in [0.15, 0.2) is 0 Å². The molecule has 6 rings (SSSR count). The molecule has 0 bridgehead atoms. The SMILES string of the molecule is Cc1cccc2c1/C(=C1\c3ccsc3C(=O)c3cccc(C)c31)c1ccsc1C2=O. The lowest BCUT2D eigenvalue weighted by Crippen LogP contribution is -2.18. The highest BCUT2D eigenvalue weighted by atomic mass is 32.1. The number of benzene rings is 2. The second kappa shape index (κ2) is 6.21. The Bertz CT molecular complexity index is 1340. The van der Waals surface area contributed by atoms with Crippen LogP contribution in [-0.2, 0) is 0 Å². The second-order valence-corrected chi connectivity index (χ2v) is 9.56. The van der Waals surface area contributed by atoms with Crippen LogP contribution < -0.4 is 0 Å². The van der Waals surface area contributed by atoms with Crippen molar-refractivity contribution in [2.75, 3.05) is 0 Å². The summed E-state index contributed by atoms with van der Waals surface area (Å²) in [5.41, 5.74) is 9.71. The molecule has 144 valence electrons. The summed E-state index contributed by atoms with van der Waals surface area (Å²) >= 11 is 2.98. The third kappa shape index (κ3) is 2.18. The molecule has 0 aliphatic heterocycles. The molecule has 2 aliphatic rings. The van der Waals surface area contributed by atoms with Crippen LogP contribution in [0, 0.1) is 13.8 Å². The molecule has 4 aromatic rings. The molecule has 0 amide bonds. The molecule has 2 aromatic carbocycles. The topological polar surface area (TPSA) is 34.1 Å². The molecule has 0 saturated heterocycles. The van der Waals surface area contributed by atoms with Crippen molar-refractivity contribution in [1.29, 1.82) is 0 Å². The second-order valence-electron chi connectivity index (χ2n) is 7.73. The quantitative estimate of drug-likeness (QED) is 0.278. The van der Waals surface area contributed by atoms with Crippen molar-refractivity contribution in [3.8, 4) is 0 Å². The van der Waals surface area contributed by atoms with Gasteiger partial charge in [0.2, 0.25) is 11.6 Å². The highest BCUT2D eigenvalue weighted by molar-refractivity contribution is 7.13. The van der Waals surface area contributed by atoms with Gasteiger partial charge in [-0.1, -0.05) is 36.4 Å². The molecule has 2 aromatic heterocycles. The first-order valence-corrected chi connectivity index (χ1v) is 11.5. The van der Waals surface area contributed by atoms with Gasteiger partial charge >= 0.3 is 0 Å². The largest absolute Gasteiger partial charge is 0.288 e. The summed E-state index contributed by atoms with van der Waals surface area (Å²) in [5, 5.41) is 3.98. The maximum atomic E-state index is 13.2. The number of rotatable bonds is 0. The molecule has 2 nitrogen and oxygen atoms in total. The van der Waals surface area contributed by atoms with Crippen LogP contribution in [0.3, 0.4) is 0 Å². The minimum atomic E-state index is 0.0884. The Kier molecular flexibility index (Phi) is 3.67. The summed E-state index contributed by atoms with van der Waals surface area (Å²) in [6.07, 6.45) is 0. The average Bonchev–Trinajstić information content (AvgIpc) is 3.41. The average molecular weight is 425 g/mol. The van der Waals surface area contributed by atoms with Gasteiger partial charge in [-0.15, -0.1) is 22.7 Å². The first-order chi connectivity index (χ1) is 14.6. The van der Waals surface area contributed by atoms with E-state index in [1.54, 1.807) is 0 Å². The van der Waals surface area contributed by atoms with Crippen LogP contribution in [0.4, 0.5) is 0 Å². The van der Waals surface area contributed by atoms with Gasteiger partial charge in [-0.25, -0.2) is 0 Å². The lowest BCUT2D eigenvalue weighted by atomic mass is 9.74. The molecule has 0 fully saturated rings. The fourth-order valence-electron chi connectivity index (χ4n) is 4.77. The number of ketones is 2. The van der Waals surface area contributed by atoms with Crippen LogP contribution in [0.2, 0.25) is 0 Å². The summed E-state index contributed by atoms with van der Waals surface area (Å²) in [4.78, 5) is 28.0. The molecule has 2 aliphatic carbocycles. The van der Waals surface area contributed by atoms with Crippen LogP contribution in [0.15, 0.2) is 59.3 Å². The zero-order valence-electron chi connectivity index (χ0n) is 16.4. The molecule has 0 spiro atoms. The van der Waals surface area contributed by atoms with E-state index in [0.717, 1.165) is 65.4 Å². The Morgan fingerprint density at radius 1 is 0.567 bits per heavy atom. The van der Waals surface area contributed by atoms with Crippen molar-refractivity contribution in [2.24, 2.45) is 0 Å². The molecule has 0 N–H and O–H groups in total. The molecule has 0 radical (unpaired) electrons. The van der Waals surface area contributed by atoms with Crippen molar-refractivity contribution in [1.82, 2.24) is 0 Å². The number of hydrogen-bond acceptors (Lipinski definition) is 4. The monoisotopic (exact) mass is 424 g/mol. The van der Waals surface area contributed by atoms with Crippen molar-refractivity contribution in [3.05, 3.63) is 114 Å². The number of fused-ring (bicyclic) bond motifs is 4. The Hall–Kier alpha value is -3.08. The maximum absolute atomic E-state index is 13.2. The van der Waals surface area contributed by atoms with Gasteiger partial charge in [0.05, 0.1) is 9.75 Å². The highest BCUT2D eigenvalue weighted by Crippen LogP contribution is 2.50. The van der Waals surface area contributed by atoms with Gasteiger partial charge in [-0.05, 0) is 59.0 Å². The van der Waals surface area contributed by atoms with Gasteiger partial charge in [0.1, 0.15) is 0 Å². The van der Waals surface area contributed by atoms with Crippen molar-refractivity contribution in [3.63, 3.8) is 0 Å². The van der Waals surface area contributed by atoms with E-state index in [2.05, 4.69) is 38.1 Å². The minimum absolute atomic E-state index is 0.0884. The lowest BCUT2D eigenvalue weighted by Gasteiger charge is -2.28. The van der Waals surface area contributed by atoms with Crippen molar-refractivity contribution < 1.29 is 9.59 Å². The Labute approximate surface area is 182 Å². The van der Waals surface area contributed by atoms with E-state index in [1.807, 2.05) is 35.0 Å². The van der Waals surface area contributed by atoms with E-state index in [1.165, 1.54) is 22.7 Å². The Morgan fingerprint density at radius 2 is 1.00 bits per heavy atom. The van der Waals surface area contributed by atoms with Gasteiger partial charge in [0.25, 0.3) is 0 Å². The predicted octanol–water partition coefficient (Wildman–Crippen LogP) is 6.52. The summed E-state index contributed by atoms with van der Waals surface area (Å²) < 4.78 is 0. The summed E-state index contributed by atoms with van der Waals surface area (Å²) in [7, 11) is 0. The van der Waals surface area contributed by atoms with E-state index in [9.17, 15) is 9.59 Å². The standard InChI is InChI=1S/C26H16O2S2/c1-13-5-3-7-15-19(13)21(17-9-11-29-25(17)23(15)27)22-18-10-12-30-26(18)24(28)16-8-4-6-14(2)20(16)22/h3-12H,1-2H3/b22-21+. The maximum Gasteiger partial charge on any atom is 0.204 e. The van der Waals surface area contributed by atoms with E-state index in [0.29, 0.717) is 0 Å². The van der Waals surface area contributed by atoms with E-state index in [4.69, 9.17) is 0 Å². The Balaban J connectivity index is 1.87. The van der Waals surface area contributed by atoms with Crippen LogP contribution >= 0.6 is 22.7 Å². The molecule has 0 unspecified atom stereocenters. The first kappa shape index (κ1) is 17.8. The smallest absolute Gasteiger partial charge is 0.204 e. The number of carbonyl (C=O) groups is 2. The van der Waals surface area contributed by atoms with Crippen LogP contribution in [-0.4, -0.2) is 11.6 Å². The first-order valence-electron chi connectivity index (χ1n) is 9.77. The van der Waals surface area contributed by atoms with E-state index < -0.39 is 0 Å². The fourth-order valence-corrected chi connectivity index (χ4v) is 6.48. The summed E-state index contributed by atoms with van der Waals surface area (Å²) in [6.45, 7) is 4.12. The minimum Gasteiger partial charge on any atom is -0.288 e. The van der Waals surface area contributed by atoms with Gasteiger partial charge < -0.3 is 0 Å². The normalized spacial score (nSPS) is 16.7. The van der Waals surface area contributed by atoms with Crippen molar-refractivity contribution in [2.45, 2.75) is 13.8 Å². The number of aryl methyl sites for hydroxylation is 2. The zero-order valence-corrected chi connectivity index (χ0v) is 18.0. The van der Waals surface area contributed by atoms with E-state index >= 15 is 0 Å².